The topological polar surface area (TPSA) is 34.1 Å². The third-order valence-corrected chi connectivity index (χ3v) is 4.50. The van der Waals surface area contributed by atoms with E-state index in [-0.39, 0.29) is 10.8 Å². The van der Waals surface area contributed by atoms with Crippen LogP contribution in [-0.2, 0) is 9.84 Å². The minimum absolute atomic E-state index is 0.0933. The summed E-state index contributed by atoms with van der Waals surface area (Å²) in [4.78, 5) is -0.211. The Kier molecular flexibility index (Phi) is 4.42. The van der Waals surface area contributed by atoms with Crippen LogP contribution < -0.4 is 0 Å². The molecule has 1 aromatic rings. The fraction of sp³-hybridized carbons (Fsp3) is 0.500. The summed E-state index contributed by atoms with van der Waals surface area (Å²) >= 11 is 0. The lowest BCUT2D eigenvalue weighted by molar-refractivity contribution is -0.106. The molecule has 102 valence electrons. The molecular weight excluding hydrogens is 265 g/mol. The zero-order valence-corrected chi connectivity index (χ0v) is 11.0. The zero-order valence-electron chi connectivity index (χ0n) is 10.2. The molecule has 0 radical (unpaired) electrons. The van der Waals surface area contributed by atoms with E-state index in [2.05, 4.69) is 0 Å². The summed E-state index contributed by atoms with van der Waals surface area (Å²) in [5.41, 5.74) is 0.448. The summed E-state index contributed by atoms with van der Waals surface area (Å²) in [6, 6.07) is 5.88. The summed E-state index contributed by atoms with van der Waals surface area (Å²) in [7, 11) is -4.33. The van der Waals surface area contributed by atoms with Gasteiger partial charge in [-0.3, -0.25) is 0 Å². The lowest BCUT2D eigenvalue weighted by atomic mass is 9.99. The molecule has 1 atom stereocenters. The average Bonchev–Trinajstić information content (AvgIpc) is 2.25. The maximum atomic E-state index is 12.3. The highest BCUT2D eigenvalue weighted by molar-refractivity contribution is 7.91. The van der Waals surface area contributed by atoms with Crippen LogP contribution >= 0.6 is 0 Å². The molecule has 0 amide bonds. The minimum atomic E-state index is -4.72. The van der Waals surface area contributed by atoms with Gasteiger partial charge in [-0.1, -0.05) is 32.0 Å². The Bertz CT molecular complexity index is 506. The van der Waals surface area contributed by atoms with Gasteiger partial charge in [0.15, 0.2) is 15.6 Å². The van der Waals surface area contributed by atoms with Gasteiger partial charge >= 0.3 is 6.18 Å². The quantitative estimate of drug-likeness (QED) is 0.845. The highest BCUT2D eigenvalue weighted by Gasteiger charge is 2.37. The SMILES string of the molecule is CCC(C)c1ccccc1S(=O)(=O)CC(F)(F)F. The highest BCUT2D eigenvalue weighted by atomic mass is 32.2. The van der Waals surface area contributed by atoms with Gasteiger partial charge in [0.05, 0.1) is 4.90 Å². The Morgan fingerprint density at radius 2 is 1.78 bits per heavy atom. The van der Waals surface area contributed by atoms with Crippen molar-refractivity contribution >= 4 is 9.84 Å². The Morgan fingerprint density at radius 1 is 1.22 bits per heavy atom. The molecule has 0 spiro atoms. The lowest BCUT2D eigenvalue weighted by Crippen LogP contribution is -2.24. The van der Waals surface area contributed by atoms with Crippen molar-refractivity contribution in [2.24, 2.45) is 0 Å². The van der Waals surface area contributed by atoms with Crippen molar-refractivity contribution in [3.8, 4) is 0 Å². The van der Waals surface area contributed by atoms with Gasteiger partial charge in [0.1, 0.15) is 0 Å². The molecule has 0 N–H and O–H groups in total. The molecule has 0 saturated carbocycles. The van der Waals surface area contributed by atoms with Crippen LogP contribution in [0.1, 0.15) is 31.7 Å². The second-order valence-corrected chi connectivity index (χ2v) is 6.18. The van der Waals surface area contributed by atoms with Crippen LogP contribution in [0.3, 0.4) is 0 Å². The third-order valence-electron chi connectivity index (χ3n) is 2.75. The van der Waals surface area contributed by atoms with Crippen LogP contribution in [0, 0.1) is 0 Å². The molecule has 0 aliphatic heterocycles. The normalized spacial score (nSPS) is 14.5. The number of alkyl halides is 3. The summed E-state index contributed by atoms with van der Waals surface area (Å²) in [5, 5.41) is 0. The van der Waals surface area contributed by atoms with Gasteiger partial charge in [-0.25, -0.2) is 8.42 Å². The van der Waals surface area contributed by atoms with Crippen molar-refractivity contribution in [1.29, 1.82) is 0 Å². The largest absolute Gasteiger partial charge is 0.403 e. The van der Waals surface area contributed by atoms with Crippen molar-refractivity contribution in [3.05, 3.63) is 29.8 Å². The van der Waals surface area contributed by atoms with Crippen LogP contribution in [0.2, 0.25) is 0 Å². The van der Waals surface area contributed by atoms with E-state index >= 15 is 0 Å². The summed E-state index contributed by atoms with van der Waals surface area (Å²) in [5.74, 6) is -1.91. The fourth-order valence-corrected chi connectivity index (χ4v) is 3.18. The predicted molar refractivity (Wildman–Crippen MR) is 63.3 cm³/mol. The van der Waals surface area contributed by atoms with Crippen molar-refractivity contribution in [1.82, 2.24) is 0 Å². The minimum Gasteiger partial charge on any atom is -0.223 e. The van der Waals surface area contributed by atoms with E-state index in [4.69, 9.17) is 0 Å². The summed E-state index contributed by atoms with van der Waals surface area (Å²) < 4.78 is 60.4. The van der Waals surface area contributed by atoms with E-state index in [0.29, 0.717) is 12.0 Å². The van der Waals surface area contributed by atoms with Crippen LogP contribution in [0.15, 0.2) is 29.2 Å². The number of hydrogen-bond acceptors (Lipinski definition) is 2. The first-order valence-electron chi connectivity index (χ1n) is 5.56. The number of hydrogen-bond donors (Lipinski definition) is 0. The van der Waals surface area contributed by atoms with E-state index in [1.165, 1.54) is 12.1 Å². The molecule has 6 heteroatoms. The lowest BCUT2D eigenvalue weighted by Gasteiger charge is -2.15. The van der Waals surface area contributed by atoms with Crippen molar-refractivity contribution in [3.63, 3.8) is 0 Å². The van der Waals surface area contributed by atoms with Crippen molar-refractivity contribution in [2.45, 2.75) is 37.3 Å². The maximum Gasteiger partial charge on any atom is 0.403 e. The number of benzene rings is 1. The van der Waals surface area contributed by atoms with E-state index in [9.17, 15) is 21.6 Å². The molecule has 0 fully saturated rings. The molecule has 1 rings (SSSR count). The van der Waals surface area contributed by atoms with Gasteiger partial charge < -0.3 is 0 Å². The van der Waals surface area contributed by atoms with E-state index in [1.807, 2.05) is 6.92 Å². The molecule has 1 aromatic carbocycles. The van der Waals surface area contributed by atoms with Gasteiger partial charge in [0.2, 0.25) is 0 Å². The predicted octanol–water partition coefficient (Wildman–Crippen LogP) is 3.54. The van der Waals surface area contributed by atoms with Gasteiger partial charge in [0, 0.05) is 0 Å². The van der Waals surface area contributed by atoms with Crippen molar-refractivity contribution in [2.75, 3.05) is 5.75 Å². The first kappa shape index (κ1) is 15.0. The Hall–Kier alpha value is -1.04. The van der Waals surface area contributed by atoms with Crippen LogP contribution in [0.4, 0.5) is 13.2 Å². The molecule has 2 nitrogen and oxygen atoms in total. The smallest absolute Gasteiger partial charge is 0.223 e. The standard InChI is InChI=1S/C12H15F3O2S/c1-3-9(2)10-6-4-5-7-11(10)18(16,17)8-12(13,14)15/h4-7,9H,3,8H2,1-2H3. The summed E-state index contributed by atoms with van der Waals surface area (Å²) in [6.07, 6.45) is -4.06. The van der Waals surface area contributed by atoms with E-state index in [0.717, 1.165) is 0 Å². The monoisotopic (exact) mass is 280 g/mol. The third kappa shape index (κ3) is 3.73. The highest BCUT2D eigenvalue weighted by Crippen LogP contribution is 2.29. The molecule has 0 heterocycles. The Balaban J connectivity index is 3.25. The first-order chi connectivity index (χ1) is 8.17. The number of rotatable bonds is 4. The van der Waals surface area contributed by atoms with Crippen LogP contribution in [0.5, 0.6) is 0 Å². The van der Waals surface area contributed by atoms with Gasteiger partial charge in [-0.05, 0) is 24.0 Å². The molecular formula is C12H15F3O2S. The van der Waals surface area contributed by atoms with Gasteiger partial charge in [-0.2, -0.15) is 13.2 Å². The molecule has 1 unspecified atom stereocenters. The molecule has 0 bridgehead atoms. The van der Waals surface area contributed by atoms with Gasteiger partial charge in [-0.15, -0.1) is 0 Å². The van der Waals surface area contributed by atoms with Gasteiger partial charge in [0.25, 0.3) is 0 Å². The fourth-order valence-electron chi connectivity index (χ4n) is 1.68. The summed E-state index contributed by atoms with van der Waals surface area (Å²) in [6.45, 7) is 3.65. The zero-order chi connectivity index (χ0) is 14.0. The Labute approximate surface area is 105 Å². The Morgan fingerprint density at radius 3 is 2.28 bits per heavy atom. The second-order valence-electron chi connectivity index (χ2n) is 4.22. The molecule has 18 heavy (non-hydrogen) atoms. The van der Waals surface area contributed by atoms with E-state index in [1.54, 1.807) is 19.1 Å². The average molecular weight is 280 g/mol. The first-order valence-corrected chi connectivity index (χ1v) is 7.21. The maximum absolute atomic E-state index is 12.3. The van der Waals surface area contributed by atoms with E-state index < -0.39 is 21.8 Å². The van der Waals surface area contributed by atoms with Crippen LogP contribution in [0.25, 0.3) is 0 Å². The molecule has 0 aromatic heterocycles. The second kappa shape index (κ2) is 5.30. The van der Waals surface area contributed by atoms with Crippen LogP contribution in [-0.4, -0.2) is 20.3 Å². The number of halogens is 3. The molecule has 0 saturated heterocycles. The number of sulfone groups is 1. The van der Waals surface area contributed by atoms with Crippen molar-refractivity contribution < 1.29 is 21.6 Å². The molecule has 0 aliphatic rings. The molecule has 0 aliphatic carbocycles.